The number of anilines is 1. The molecule has 0 fully saturated rings. The van der Waals surface area contributed by atoms with E-state index in [9.17, 15) is 4.79 Å². The zero-order chi connectivity index (χ0) is 18.5. The first kappa shape index (κ1) is 18.4. The SMILES string of the molecule is CCOc1ccc(OCC)c(NC(=O)c2csc(-c3ccc(C)s3)n2)c1. The highest BCUT2D eigenvalue weighted by Crippen LogP contribution is 2.32. The Bertz CT molecular complexity index is 902. The van der Waals surface area contributed by atoms with Gasteiger partial charge in [-0.15, -0.1) is 22.7 Å². The van der Waals surface area contributed by atoms with Gasteiger partial charge in [0, 0.05) is 16.3 Å². The Morgan fingerprint density at radius 1 is 1.15 bits per heavy atom. The van der Waals surface area contributed by atoms with Gasteiger partial charge in [0.1, 0.15) is 22.2 Å². The molecular formula is C19H20N2O3S2. The van der Waals surface area contributed by atoms with Crippen LogP contribution in [0.4, 0.5) is 5.69 Å². The lowest BCUT2D eigenvalue weighted by Gasteiger charge is -2.13. The van der Waals surface area contributed by atoms with Crippen molar-refractivity contribution in [3.63, 3.8) is 0 Å². The number of rotatable bonds is 7. The summed E-state index contributed by atoms with van der Waals surface area (Å²) in [4.78, 5) is 19.4. The van der Waals surface area contributed by atoms with E-state index in [2.05, 4.69) is 23.3 Å². The van der Waals surface area contributed by atoms with E-state index in [0.29, 0.717) is 36.1 Å². The van der Waals surface area contributed by atoms with Crippen LogP contribution in [0, 0.1) is 6.92 Å². The van der Waals surface area contributed by atoms with Crippen molar-refractivity contribution in [1.29, 1.82) is 0 Å². The highest BCUT2D eigenvalue weighted by molar-refractivity contribution is 7.21. The molecule has 136 valence electrons. The minimum absolute atomic E-state index is 0.268. The van der Waals surface area contributed by atoms with Crippen LogP contribution in [0.25, 0.3) is 9.88 Å². The molecule has 3 aromatic rings. The predicted octanol–water partition coefficient (Wildman–Crippen LogP) is 5.23. The molecule has 3 rings (SSSR count). The van der Waals surface area contributed by atoms with E-state index >= 15 is 0 Å². The van der Waals surface area contributed by atoms with E-state index in [1.54, 1.807) is 28.8 Å². The second kappa shape index (κ2) is 8.33. The quantitative estimate of drug-likeness (QED) is 0.602. The molecule has 5 nitrogen and oxygen atoms in total. The molecule has 0 saturated carbocycles. The number of thiazole rings is 1. The van der Waals surface area contributed by atoms with Crippen LogP contribution in [0.1, 0.15) is 29.2 Å². The van der Waals surface area contributed by atoms with Crippen molar-refractivity contribution in [2.75, 3.05) is 18.5 Å². The number of benzene rings is 1. The first-order chi connectivity index (χ1) is 12.6. The summed E-state index contributed by atoms with van der Waals surface area (Å²) in [6, 6.07) is 9.46. The summed E-state index contributed by atoms with van der Waals surface area (Å²) in [5.74, 6) is 1.02. The van der Waals surface area contributed by atoms with Crippen molar-refractivity contribution in [2.24, 2.45) is 0 Å². The Labute approximate surface area is 160 Å². The van der Waals surface area contributed by atoms with Crippen LogP contribution >= 0.6 is 22.7 Å². The third kappa shape index (κ3) is 4.23. The Hall–Kier alpha value is -2.38. The van der Waals surface area contributed by atoms with Crippen LogP contribution in [0.15, 0.2) is 35.7 Å². The zero-order valence-corrected chi connectivity index (χ0v) is 16.5. The van der Waals surface area contributed by atoms with Gasteiger partial charge in [0.05, 0.1) is 23.8 Å². The second-order valence-electron chi connectivity index (χ2n) is 5.43. The van der Waals surface area contributed by atoms with E-state index in [-0.39, 0.29) is 5.91 Å². The van der Waals surface area contributed by atoms with E-state index < -0.39 is 0 Å². The smallest absolute Gasteiger partial charge is 0.275 e. The van der Waals surface area contributed by atoms with Gasteiger partial charge in [-0.25, -0.2) is 4.98 Å². The molecule has 2 heterocycles. The number of carbonyl (C=O) groups is 1. The first-order valence-electron chi connectivity index (χ1n) is 8.34. The van der Waals surface area contributed by atoms with Crippen molar-refractivity contribution in [3.8, 4) is 21.4 Å². The Balaban J connectivity index is 1.81. The number of nitrogens with zero attached hydrogens (tertiary/aromatic N) is 1. The summed E-state index contributed by atoms with van der Waals surface area (Å²) in [5.41, 5.74) is 0.963. The molecule has 0 atom stereocenters. The molecule has 0 saturated heterocycles. The molecule has 2 aromatic heterocycles. The molecule has 26 heavy (non-hydrogen) atoms. The molecule has 0 aliphatic carbocycles. The van der Waals surface area contributed by atoms with E-state index in [1.807, 2.05) is 26.0 Å². The number of hydrogen-bond donors (Lipinski definition) is 1. The van der Waals surface area contributed by atoms with Gasteiger partial charge in [0.25, 0.3) is 5.91 Å². The summed E-state index contributed by atoms with van der Waals surface area (Å²) < 4.78 is 11.1. The number of carbonyl (C=O) groups excluding carboxylic acids is 1. The lowest BCUT2D eigenvalue weighted by Crippen LogP contribution is -2.13. The van der Waals surface area contributed by atoms with Crippen LogP contribution in [0.2, 0.25) is 0 Å². The monoisotopic (exact) mass is 388 g/mol. The fourth-order valence-corrected chi connectivity index (χ4v) is 4.11. The van der Waals surface area contributed by atoms with Crippen molar-refractivity contribution >= 4 is 34.3 Å². The van der Waals surface area contributed by atoms with Crippen LogP contribution < -0.4 is 14.8 Å². The normalized spacial score (nSPS) is 10.6. The minimum atomic E-state index is -0.268. The molecule has 0 aliphatic rings. The fourth-order valence-electron chi connectivity index (χ4n) is 2.37. The summed E-state index contributed by atoms with van der Waals surface area (Å²) in [5, 5.41) is 5.50. The molecular weight excluding hydrogens is 368 g/mol. The van der Waals surface area contributed by atoms with Gasteiger partial charge in [-0.1, -0.05) is 0 Å². The summed E-state index contributed by atoms with van der Waals surface area (Å²) in [6.45, 7) is 6.93. The predicted molar refractivity (Wildman–Crippen MR) is 107 cm³/mol. The van der Waals surface area contributed by atoms with Crippen LogP contribution in [-0.2, 0) is 0 Å². The largest absolute Gasteiger partial charge is 0.494 e. The molecule has 0 bridgehead atoms. The van der Waals surface area contributed by atoms with Crippen LogP contribution in [-0.4, -0.2) is 24.1 Å². The average Bonchev–Trinajstić information content (AvgIpc) is 3.26. The van der Waals surface area contributed by atoms with E-state index in [4.69, 9.17) is 9.47 Å². The maximum atomic E-state index is 12.6. The van der Waals surface area contributed by atoms with Gasteiger partial charge in [-0.3, -0.25) is 4.79 Å². The van der Waals surface area contributed by atoms with Gasteiger partial charge in [-0.05, 0) is 45.0 Å². The molecule has 0 radical (unpaired) electrons. The minimum Gasteiger partial charge on any atom is -0.494 e. The number of thiophene rings is 1. The van der Waals surface area contributed by atoms with Gasteiger partial charge in [0.2, 0.25) is 0 Å². The third-order valence-electron chi connectivity index (χ3n) is 3.50. The molecule has 0 unspecified atom stereocenters. The van der Waals surface area contributed by atoms with Crippen LogP contribution in [0.3, 0.4) is 0 Å². The number of amides is 1. The van der Waals surface area contributed by atoms with E-state index in [1.165, 1.54) is 16.2 Å². The molecule has 1 amide bonds. The second-order valence-corrected chi connectivity index (χ2v) is 7.57. The number of aromatic nitrogens is 1. The Morgan fingerprint density at radius 2 is 1.96 bits per heavy atom. The number of hydrogen-bond acceptors (Lipinski definition) is 6. The maximum Gasteiger partial charge on any atom is 0.275 e. The van der Waals surface area contributed by atoms with E-state index in [0.717, 1.165) is 9.88 Å². The van der Waals surface area contributed by atoms with Gasteiger partial charge in [-0.2, -0.15) is 0 Å². The van der Waals surface area contributed by atoms with Crippen molar-refractivity contribution < 1.29 is 14.3 Å². The molecule has 0 aliphatic heterocycles. The summed E-state index contributed by atoms with van der Waals surface area (Å²) >= 11 is 3.13. The molecule has 1 aromatic carbocycles. The average molecular weight is 389 g/mol. The highest BCUT2D eigenvalue weighted by Gasteiger charge is 2.15. The van der Waals surface area contributed by atoms with Crippen molar-refractivity contribution in [2.45, 2.75) is 20.8 Å². The van der Waals surface area contributed by atoms with Crippen molar-refractivity contribution in [1.82, 2.24) is 4.98 Å². The molecule has 1 N–H and O–H groups in total. The summed E-state index contributed by atoms with van der Waals surface area (Å²) in [7, 11) is 0. The third-order valence-corrected chi connectivity index (χ3v) is 5.51. The van der Waals surface area contributed by atoms with Crippen LogP contribution in [0.5, 0.6) is 11.5 Å². The molecule has 0 spiro atoms. The van der Waals surface area contributed by atoms with Gasteiger partial charge in [0.15, 0.2) is 0 Å². The van der Waals surface area contributed by atoms with Gasteiger partial charge < -0.3 is 14.8 Å². The lowest BCUT2D eigenvalue weighted by molar-refractivity contribution is 0.102. The Kier molecular flexibility index (Phi) is 5.90. The topological polar surface area (TPSA) is 60.5 Å². The highest BCUT2D eigenvalue weighted by atomic mass is 32.1. The van der Waals surface area contributed by atoms with Crippen molar-refractivity contribution in [3.05, 3.63) is 46.3 Å². The molecule has 7 heteroatoms. The number of ether oxygens (including phenoxy) is 2. The Morgan fingerprint density at radius 3 is 2.65 bits per heavy atom. The van der Waals surface area contributed by atoms with Gasteiger partial charge >= 0.3 is 0 Å². The number of nitrogens with one attached hydrogen (secondary N) is 1. The zero-order valence-electron chi connectivity index (χ0n) is 14.9. The number of aryl methyl sites for hydroxylation is 1. The standard InChI is InChI=1S/C19H20N2O3S2/c1-4-23-13-7-8-16(24-5-2)14(10-13)20-18(22)15-11-25-19(21-15)17-9-6-12(3)26-17/h6-11H,4-5H2,1-3H3,(H,20,22). The lowest BCUT2D eigenvalue weighted by atomic mass is 10.2. The first-order valence-corrected chi connectivity index (χ1v) is 10.0. The summed E-state index contributed by atoms with van der Waals surface area (Å²) in [6.07, 6.45) is 0. The fraction of sp³-hybridized carbons (Fsp3) is 0.263. The maximum absolute atomic E-state index is 12.6.